The standard InChI is InChI=1S/C13H16O4/c1-7-5-6-8(13(2,3)4)10(14)9(7)11(15)12(16)17/h5-6,14H,1-4H3,(H,16,17). The molecule has 0 aromatic heterocycles. The van der Waals surface area contributed by atoms with Crippen molar-refractivity contribution in [2.24, 2.45) is 0 Å². The van der Waals surface area contributed by atoms with Crippen LogP contribution >= 0.6 is 0 Å². The molecule has 0 heterocycles. The summed E-state index contributed by atoms with van der Waals surface area (Å²) in [5, 5.41) is 18.8. The van der Waals surface area contributed by atoms with Crippen molar-refractivity contribution in [2.45, 2.75) is 33.1 Å². The smallest absolute Gasteiger partial charge is 0.377 e. The number of carbonyl (C=O) groups excluding carboxylic acids is 1. The van der Waals surface area contributed by atoms with Crippen LogP contribution in [0.2, 0.25) is 0 Å². The van der Waals surface area contributed by atoms with Gasteiger partial charge < -0.3 is 10.2 Å². The van der Waals surface area contributed by atoms with Gasteiger partial charge >= 0.3 is 5.97 Å². The molecule has 4 heteroatoms. The molecule has 0 saturated heterocycles. The van der Waals surface area contributed by atoms with Crippen LogP contribution in [0.4, 0.5) is 0 Å². The number of ketones is 1. The van der Waals surface area contributed by atoms with Crippen LogP contribution in [0.25, 0.3) is 0 Å². The molecule has 92 valence electrons. The van der Waals surface area contributed by atoms with E-state index in [1.807, 2.05) is 20.8 Å². The molecule has 4 nitrogen and oxygen atoms in total. The van der Waals surface area contributed by atoms with Crippen molar-refractivity contribution in [2.75, 3.05) is 0 Å². The van der Waals surface area contributed by atoms with Crippen molar-refractivity contribution in [1.82, 2.24) is 0 Å². The molecule has 0 aliphatic carbocycles. The second kappa shape index (κ2) is 4.20. The van der Waals surface area contributed by atoms with Gasteiger partial charge in [-0.1, -0.05) is 32.9 Å². The summed E-state index contributed by atoms with van der Waals surface area (Å²) in [5.74, 6) is -2.87. The third kappa shape index (κ3) is 2.46. The van der Waals surface area contributed by atoms with Gasteiger partial charge in [-0.25, -0.2) is 4.79 Å². The van der Waals surface area contributed by atoms with Crippen LogP contribution in [0.3, 0.4) is 0 Å². The van der Waals surface area contributed by atoms with Crippen molar-refractivity contribution >= 4 is 11.8 Å². The summed E-state index contributed by atoms with van der Waals surface area (Å²) in [7, 11) is 0. The summed E-state index contributed by atoms with van der Waals surface area (Å²) in [4.78, 5) is 22.2. The molecule has 0 bridgehead atoms. The van der Waals surface area contributed by atoms with Crippen LogP contribution in [0.15, 0.2) is 12.1 Å². The largest absolute Gasteiger partial charge is 0.507 e. The Balaban J connectivity index is 3.51. The average molecular weight is 236 g/mol. The highest BCUT2D eigenvalue weighted by Gasteiger charge is 2.27. The molecule has 0 unspecified atom stereocenters. The highest BCUT2D eigenvalue weighted by atomic mass is 16.4. The van der Waals surface area contributed by atoms with Crippen LogP contribution in [0, 0.1) is 6.92 Å². The van der Waals surface area contributed by atoms with E-state index in [2.05, 4.69) is 0 Å². The molecule has 0 atom stereocenters. The quantitative estimate of drug-likeness (QED) is 0.610. The van der Waals surface area contributed by atoms with Gasteiger partial charge in [-0.3, -0.25) is 4.79 Å². The van der Waals surface area contributed by atoms with E-state index in [-0.39, 0.29) is 16.7 Å². The van der Waals surface area contributed by atoms with Crippen LogP contribution < -0.4 is 0 Å². The molecular formula is C13H16O4. The van der Waals surface area contributed by atoms with E-state index >= 15 is 0 Å². The third-order valence-corrected chi connectivity index (χ3v) is 2.62. The molecule has 0 saturated carbocycles. The SMILES string of the molecule is Cc1ccc(C(C)(C)C)c(O)c1C(=O)C(=O)O. The van der Waals surface area contributed by atoms with Crippen LogP contribution in [0.1, 0.15) is 42.3 Å². The Morgan fingerprint density at radius 3 is 2.12 bits per heavy atom. The molecule has 17 heavy (non-hydrogen) atoms. The minimum atomic E-state index is -1.56. The molecule has 0 aliphatic heterocycles. The molecule has 1 aromatic carbocycles. The Labute approximate surface area is 99.9 Å². The van der Waals surface area contributed by atoms with Crippen molar-refractivity contribution in [1.29, 1.82) is 0 Å². The first-order valence-corrected chi connectivity index (χ1v) is 5.27. The van der Waals surface area contributed by atoms with E-state index < -0.39 is 11.8 Å². The molecule has 0 spiro atoms. The average Bonchev–Trinajstić information content (AvgIpc) is 2.14. The first-order chi connectivity index (χ1) is 7.66. The van der Waals surface area contributed by atoms with Gasteiger partial charge in [0, 0.05) is 5.56 Å². The van der Waals surface area contributed by atoms with Crippen LogP contribution in [0.5, 0.6) is 5.75 Å². The molecule has 1 aromatic rings. The third-order valence-electron chi connectivity index (χ3n) is 2.62. The lowest BCUT2D eigenvalue weighted by atomic mass is 9.83. The fourth-order valence-corrected chi connectivity index (χ4v) is 1.69. The molecule has 0 amide bonds. The second-order valence-corrected chi connectivity index (χ2v) is 5.04. The summed E-state index contributed by atoms with van der Waals surface area (Å²) < 4.78 is 0. The van der Waals surface area contributed by atoms with Crippen molar-refractivity contribution in [3.05, 3.63) is 28.8 Å². The van der Waals surface area contributed by atoms with Gasteiger partial charge in [0.2, 0.25) is 0 Å². The number of aliphatic carboxylic acids is 1. The molecule has 0 fully saturated rings. The number of hydrogen-bond donors (Lipinski definition) is 2. The van der Waals surface area contributed by atoms with E-state index in [1.165, 1.54) is 0 Å². The number of carboxylic acid groups (broad SMARTS) is 1. The van der Waals surface area contributed by atoms with Crippen LogP contribution in [-0.2, 0) is 10.2 Å². The van der Waals surface area contributed by atoms with Gasteiger partial charge in [0.05, 0.1) is 5.56 Å². The van der Waals surface area contributed by atoms with E-state index in [1.54, 1.807) is 19.1 Å². The Kier molecular flexibility index (Phi) is 3.27. The van der Waals surface area contributed by atoms with Crippen LogP contribution in [-0.4, -0.2) is 22.0 Å². The topological polar surface area (TPSA) is 74.6 Å². The normalized spacial score (nSPS) is 11.3. The van der Waals surface area contributed by atoms with E-state index in [0.29, 0.717) is 11.1 Å². The summed E-state index contributed by atoms with van der Waals surface area (Å²) in [6.07, 6.45) is 0. The lowest BCUT2D eigenvalue weighted by Gasteiger charge is -2.22. The highest BCUT2D eigenvalue weighted by Crippen LogP contribution is 2.34. The van der Waals surface area contributed by atoms with Gasteiger partial charge in [0.25, 0.3) is 5.78 Å². The maximum Gasteiger partial charge on any atom is 0.377 e. The van der Waals surface area contributed by atoms with E-state index in [9.17, 15) is 14.7 Å². The minimum Gasteiger partial charge on any atom is -0.507 e. The minimum absolute atomic E-state index is 0.120. The maximum absolute atomic E-state index is 11.5. The molecule has 1 rings (SSSR count). The fourth-order valence-electron chi connectivity index (χ4n) is 1.69. The highest BCUT2D eigenvalue weighted by molar-refractivity contribution is 6.41. The van der Waals surface area contributed by atoms with Crippen molar-refractivity contribution in [3.8, 4) is 5.75 Å². The van der Waals surface area contributed by atoms with Gasteiger partial charge in [0.1, 0.15) is 5.75 Å². The zero-order valence-corrected chi connectivity index (χ0v) is 10.4. The summed E-state index contributed by atoms with van der Waals surface area (Å²) in [5.41, 5.74) is 0.547. The van der Waals surface area contributed by atoms with Gasteiger partial charge in [-0.05, 0) is 17.9 Å². The number of carbonyl (C=O) groups is 2. The number of aryl methyl sites for hydroxylation is 1. The summed E-state index contributed by atoms with van der Waals surface area (Å²) >= 11 is 0. The van der Waals surface area contributed by atoms with E-state index in [0.717, 1.165) is 0 Å². The van der Waals surface area contributed by atoms with Gasteiger partial charge in [-0.15, -0.1) is 0 Å². The zero-order valence-electron chi connectivity index (χ0n) is 10.4. The Morgan fingerprint density at radius 1 is 1.18 bits per heavy atom. The molecule has 0 radical (unpaired) electrons. The number of rotatable bonds is 2. The first-order valence-electron chi connectivity index (χ1n) is 5.27. The zero-order chi connectivity index (χ0) is 13.4. The van der Waals surface area contributed by atoms with Crippen molar-refractivity contribution in [3.63, 3.8) is 0 Å². The molecule has 0 aliphatic rings. The number of aromatic hydroxyl groups is 1. The second-order valence-electron chi connectivity index (χ2n) is 5.04. The van der Waals surface area contributed by atoms with E-state index in [4.69, 9.17) is 5.11 Å². The number of benzene rings is 1. The Hall–Kier alpha value is -1.84. The predicted octanol–water partition coefficient (Wildman–Crippen LogP) is 2.27. The number of hydrogen-bond acceptors (Lipinski definition) is 3. The number of phenols is 1. The van der Waals surface area contributed by atoms with Crippen molar-refractivity contribution < 1.29 is 19.8 Å². The van der Waals surface area contributed by atoms with Gasteiger partial charge in [-0.2, -0.15) is 0 Å². The number of phenolic OH excluding ortho intramolecular Hbond substituents is 1. The number of Topliss-reactive ketones (excluding diaryl/α,β-unsaturated/α-hetero) is 1. The maximum atomic E-state index is 11.5. The molecular weight excluding hydrogens is 220 g/mol. The molecule has 2 N–H and O–H groups in total. The fraction of sp³-hybridized carbons (Fsp3) is 0.385. The lowest BCUT2D eigenvalue weighted by molar-refractivity contribution is -0.131. The Morgan fingerprint density at radius 2 is 1.71 bits per heavy atom. The predicted molar refractivity (Wildman–Crippen MR) is 63.5 cm³/mol. The summed E-state index contributed by atoms with van der Waals surface area (Å²) in [6.45, 7) is 7.24. The number of carboxylic acids is 1. The lowest BCUT2D eigenvalue weighted by Crippen LogP contribution is -2.18. The Bertz CT molecular complexity index is 481. The monoisotopic (exact) mass is 236 g/mol. The summed E-state index contributed by atoms with van der Waals surface area (Å²) in [6, 6.07) is 3.36. The van der Waals surface area contributed by atoms with Gasteiger partial charge in [0.15, 0.2) is 0 Å². The first kappa shape index (κ1) is 13.2.